The fourth-order valence-electron chi connectivity index (χ4n) is 2.14. The number of ether oxygens (including phenoxy) is 7. The third kappa shape index (κ3) is 25.2. The summed E-state index contributed by atoms with van der Waals surface area (Å²) in [5.74, 6) is 0.805. The van der Waals surface area contributed by atoms with Crippen molar-refractivity contribution in [2.45, 2.75) is 39.2 Å². The lowest BCUT2D eigenvalue weighted by molar-refractivity contribution is -0.0167. The fourth-order valence-corrected chi connectivity index (χ4v) is 2.14. The number of nitrogens with two attached hydrogens (primary N) is 1. The van der Waals surface area contributed by atoms with Gasteiger partial charge in [0.15, 0.2) is 0 Å². The molecule has 0 aliphatic heterocycles. The van der Waals surface area contributed by atoms with E-state index in [1.807, 2.05) is 20.8 Å². The van der Waals surface area contributed by atoms with E-state index in [4.69, 9.17) is 38.9 Å². The van der Waals surface area contributed by atoms with Crippen LogP contribution in [0.2, 0.25) is 0 Å². The van der Waals surface area contributed by atoms with E-state index in [9.17, 15) is 0 Å². The molecule has 0 spiro atoms. The molecule has 0 bridgehead atoms. The first-order valence-corrected chi connectivity index (χ1v) is 10.5. The predicted molar refractivity (Wildman–Crippen MR) is 113 cm³/mol. The minimum absolute atomic E-state index is 0.186. The molecule has 2 N–H and O–H groups in total. The van der Waals surface area contributed by atoms with Crippen LogP contribution in [0.5, 0.6) is 0 Å². The Balaban J connectivity index is 3.11. The van der Waals surface area contributed by atoms with Gasteiger partial charge in [-0.2, -0.15) is 0 Å². The largest absolute Gasteiger partial charge is 0.493 e. The van der Waals surface area contributed by atoms with Gasteiger partial charge in [0, 0.05) is 19.6 Å². The molecular formula is C21H43NO7. The second kappa shape index (κ2) is 20.5. The maximum Gasteiger partial charge on any atom is 0.100 e. The molecular weight excluding hydrogens is 378 g/mol. The third-order valence-corrected chi connectivity index (χ3v) is 3.32. The van der Waals surface area contributed by atoms with E-state index >= 15 is 0 Å². The molecule has 0 saturated carbocycles. The van der Waals surface area contributed by atoms with Gasteiger partial charge in [-0.3, -0.25) is 0 Å². The van der Waals surface area contributed by atoms with Crippen LogP contribution in [0, 0.1) is 0 Å². The topological polar surface area (TPSA) is 90.6 Å². The summed E-state index contributed by atoms with van der Waals surface area (Å²) < 4.78 is 38.0. The van der Waals surface area contributed by atoms with Gasteiger partial charge in [0.1, 0.15) is 5.60 Å². The Morgan fingerprint density at radius 3 is 1.31 bits per heavy atom. The van der Waals surface area contributed by atoms with Gasteiger partial charge in [0.2, 0.25) is 0 Å². The molecule has 0 atom stereocenters. The molecule has 0 unspecified atom stereocenters. The molecule has 8 heteroatoms. The summed E-state index contributed by atoms with van der Waals surface area (Å²) in [5, 5.41) is 0. The van der Waals surface area contributed by atoms with Crippen LogP contribution in [0.4, 0.5) is 0 Å². The number of hydrogen-bond donors (Lipinski definition) is 1. The number of hydrogen-bond acceptors (Lipinski definition) is 8. The molecule has 0 aliphatic carbocycles. The van der Waals surface area contributed by atoms with Crippen molar-refractivity contribution in [1.29, 1.82) is 0 Å². The number of allylic oxidation sites excluding steroid dienone is 1. The van der Waals surface area contributed by atoms with Crippen molar-refractivity contribution in [1.82, 2.24) is 0 Å². The SMILES string of the molecule is C=C(CCCOCCOCCOCCOCCOCCOCCN)OC(C)(C)C. The molecule has 174 valence electrons. The van der Waals surface area contributed by atoms with Crippen LogP contribution in [0.3, 0.4) is 0 Å². The minimum Gasteiger partial charge on any atom is -0.493 e. The van der Waals surface area contributed by atoms with Gasteiger partial charge in [0.25, 0.3) is 0 Å². The van der Waals surface area contributed by atoms with E-state index in [-0.39, 0.29) is 5.60 Å². The zero-order valence-electron chi connectivity index (χ0n) is 18.7. The maximum absolute atomic E-state index is 5.67. The van der Waals surface area contributed by atoms with Crippen molar-refractivity contribution in [2.24, 2.45) is 5.73 Å². The third-order valence-electron chi connectivity index (χ3n) is 3.32. The average molecular weight is 422 g/mol. The molecule has 0 radical (unpaired) electrons. The summed E-state index contributed by atoms with van der Waals surface area (Å²) in [4.78, 5) is 0. The van der Waals surface area contributed by atoms with Crippen LogP contribution in [0.25, 0.3) is 0 Å². The van der Waals surface area contributed by atoms with Gasteiger partial charge in [0.05, 0.1) is 78.4 Å². The lowest BCUT2D eigenvalue weighted by atomic mass is 10.2. The molecule has 0 amide bonds. The lowest BCUT2D eigenvalue weighted by Gasteiger charge is -2.22. The van der Waals surface area contributed by atoms with E-state index in [1.165, 1.54) is 0 Å². The molecule has 0 fully saturated rings. The Labute approximate surface area is 176 Å². The smallest absolute Gasteiger partial charge is 0.100 e. The first kappa shape index (κ1) is 28.3. The monoisotopic (exact) mass is 421 g/mol. The van der Waals surface area contributed by atoms with Crippen molar-refractivity contribution >= 4 is 0 Å². The Kier molecular flexibility index (Phi) is 20.0. The van der Waals surface area contributed by atoms with Crippen LogP contribution in [0.15, 0.2) is 12.3 Å². The van der Waals surface area contributed by atoms with E-state index in [0.717, 1.165) is 18.6 Å². The fraction of sp³-hybridized carbons (Fsp3) is 0.905. The van der Waals surface area contributed by atoms with Gasteiger partial charge in [-0.25, -0.2) is 0 Å². The van der Waals surface area contributed by atoms with Crippen LogP contribution < -0.4 is 5.73 Å². The van der Waals surface area contributed by atoms with Crippen LogP contribution in [-0.2, 0) is 33.2 Å². The van der Waals surface area contributed by atoms with Crippen molar-refractivity contribution in [3.8, 4) is 0 Å². The molecule has 0 aromatic rings. The van der Waals surface area contributed by atoms with Crippen LogP contribution in [0.1, 0.15) is 33.6 Å². The van der Waals surface area contributed by atoms with Crippen molar-refractivity contribution in [3.63, 3.8) is 0 Å². The second-order valence-corrected chi connectivity index (χ2v) is 7.32. The molecule has 0 aromatic carbocycles. The standard InChI is InChI=1S/C21H43NO7/c1-20(29-21(2,3)4)6-5-8-23-10-12-25-14-16-27-18-19-28-17-15-26-13-11-24-9-7-22/h1,5-19,22H2,2-4H3. The van der Waals surface area contributed by atoms with E-state index in [2.05, 4.69) is 6.58 Å². The van der Waals surface area contributed by atoms with Crippen molar-refractivity contribution in [2.75, 3.05) is 85.8 Å². The molecule has 0 heterocycles. The normalized spacial score (nSPS) is 11.7. The lowest BCUT2D eigenvalue weighted by Crippen LogP contribution is -2.18. The summed E-state index contributed by atoms with van der Waals surface area (Å²) in [6.45, 7) is 17.3. The first-order valence-electron chi connectivity index (χ1n) is 10.5. The molecule has 0 aromatic heterocycles. The second-order valence-electron chi connectivity index (χ2n) is 7.32. The number of rotatable bonds is 22. The van der Waals surface area contributed by atoms with Crippen LogP contribution >= 0.6 is 0 Å². The van der Waals surface area contributed by atoms with Crippen LogP contribution in [-0.4, -0.2) is 91.4 Å². The molecule has 8 nitrogen and oxygen atoms in total. The highest BCUT2D eigenvalue weighted by molar-refractivity contribution is 4.85. The van der Waals surface area contributed by atoms with E-state index < -0.39 is 0 Å². The minimum atomic E-state index is -0.186. The zero-order chi connectivity index (χ0) is 21.6. The average Bonchev–Trinajstić information content (AvgIpc) is 2.65. The quantitative estimate of drug-likeness (QED) is 0.210. The van der Waals surface area contributed by atoms with Gasteiger partial charge >= 0.3 is 0 Å². The van der Waals surface area contributed by atoms with E-state index in [1.54, 1.807) is 0 Å². The molecule has 0 aliphatic rings. The zero-order valence-corrected chi connectivity index (χ0v) is 18.7. The van der Waals surface area contributed by atoms with Crippen molar-refractivity contribution in [3.05, 3.63) is 12.3 Å². The van der Waals surface area contributed by atoms with Gasteiger partial charge < -0.3 is 38.9 Å². The summed E-state index contributed by atoms with van der Waals surface area (Å²) in [5.41, 5.74) is 5.12. The Morgan fingerprint density at radius 2 is 0.966 bits per heavy atom. The van der Waals surface area contributed by atoms with Gasteiger partial charge in [-0.1, -0.05) is 6.58 Å². The van der Waals surface area contributed by atoms with Gasteiger partial charge in [-0.05, 0) is 27.2 Å². The summed E-state index contributed by atoms with van der Waals surface area (Å²) in [6.07, 6.45) is 1.70. The summed E-state index contributed by atoms with van der Waals surface area (Å²) in [6, 6.07) is 0. The van der Waals surface area contributed by atoms with Crippen molar-refractivity contribution < 1.29 is 33.2 Å². The highest BCUT2D eigenvalue weighted by Crippen LogP contribution is 2.15. The summed E-state index contributed by atoms with van der Waals surface area (Å²) >= 11 is 0. The first-order chi connectivity index (χ1) is 14.0. The molecule has 29 heavy (non-hydrogen) atoms. The summed E-state index contributed by atoms with van der Waals surface area (Å²) in [7, 11) is 0. The highest BCUT2D eigenvalue weighted by atomic mass is 16.6. The Bertz CT molecular complexity index is 361. The Hall–Kier alpha value is -0.740. The van der Waals surface area contributed by atoms with Gasteiger partial charge in [-0.15, -0.1) is 0 Å². The maximum atomic E-state index is 5.67. The highest BCUT2D eigenvalue weighted by Gasteiger charge is 2.11. The molecule has 0 saturated heterocycles. The molecule has 0 rings (SSSR count). The Morgan fingerprint density at radius 1 is 0.621 bits per heavy atom. The predicted octanol–water partition coefficient (Wildman–Crippen LogP) is 2.15. The van der Waals surface area contributed by atoms with E-state index in [0.29, 0.717) is 85.8 Å².